The molecule has 1 amide bonds. The molecule has 1 heterocycles. The maximum Gasteiger partial charge on any atom is 0.263 e. The van der Waals surface area contributed by atoms with Gasteiger partial charge in [0.15, 0.2) is 6.10 Å². The van der Waals surface area contributed by atoms with E-state index in [1.807, 2.05) is 0 Å². The Morgan fingerprint density at radius 3 is 2.71 bits per heavy atom. The zero-order valence-corrected chi connectivity index (χ0v) is 16.9. The van der Waals surface area contributed by atoms with Gasteiger partial charge in [0, 0.05) is 0 Å². The second kappa shape index (κ2) is 8.70. The summed E-state index contributed by atoms with van der Waals surface area (Å²) >= 11 is 6.01. The average Bonchev–Trinajstić information content (AvgIpc) is 2.71. The molecule has 1 aliphatic rings. The van der Waals surface area contributed by atoms with Crippen molar-refractivity contribution >= 4 is 33.2 Å². The first-order chi connectivity index (χ1) is 13.4. The van der Waals surface area contributed by atoms with Crippen LogP contribution in [-0.2, 0) is 14.8 Å². The number of amides is 1. The van der Waals surface area contributed by atoms with Gasteiger partial charge >= 0.3 is 0 Å². The quantitative estimate of drug-likeness (QED) is 0.690. The summed E-state index contributed by atoms with van der Waals surface area (Å²) in [6, 6.07) is 13.8. The number of benzene rings is 2. The first-order valence-electron chi connectivity index (χ1n) is 8.83. The zero-order chi connectivity index (χ0) is 20.1. The van der Waals surface area contributed by atoms with E-state index in [0.29, 0.717) is 22.2 Å². The summed E-state index contributed by atoms with van der Waals surface area (Å²) in [5.41, 5.74) is 0.440. The average molecular weight is 425 g/mol. The number of nitrogens with zero attached hydrogens (tertiary/aromatic N) is 1. The Kier molecular flexibility index (Phi) is 6.31. The third-order valence-corrected chi connectivity index (χ3v) is 6.28. The van der Waals surface area contributed by atoms with Crippen molar-refractivity contribution in [3.8, 4) is 11.5 Å². The number of carbonyl (C=O) groups excluding carboxylic acids is 1. The highest BCUT2D eigenvalue weighted by Gasteiger charge is 2.35. The molecule has 2 aromatic carbocycles. The van der Waals surface area contributed by atoms with E-state index in [2.05, 4.69) is 5.32 Å². The van der Waals surface area contributed by atoms with Crippen molar-refractivity contribution < 1.29 is 22.7 Å². The Balaban J connectivity index is 1.62. The highest BCUT2D eigenvalue weighted by atomic mass is 35.5. The van der Waals surface area contributed by atoms with Gasteiger partial charge in [-0.15, -0.1) is 0 Å². The predicted octanol–water partition coefficient (Wildman–Crippen LogP) is 2.45. The molecule has 0 saturated carbocycles. The summed E-state index contributed by atoms with van der Waals surface area (Å²) in [4.78, 5) is 12.5. The Hall–Kier alpha value is -2.45. The smallest absolute Gasteiger partial charge is 0.263 e. The van der Waals surface area contributed by atoms with Gasteiger partial charge in [-0.05, 0) is 31.2 Å². The van der Waals surface area contributed by atoms with Crippen LogP contribution in [0.2, 0.25) is 5.02 Å². The first kappa shape index (κ1) is 20.3. The van der Waals surface area contributed by atoms with E-state index < -0.39 is 22.0 Å². The van der Waals surface area contributed by atoms with Gasteiger partial charge in [0.1, 0.15) is 18.1 Å². The van der Waals surface area contributed by atoms with Crippen molar-refractivity contribution in [1.82, 2.24) is 5.32 Å². The third kappa shape index (κ3) is 4.51. The number of fused-ring (bicyclic) bond motifs is 1. The summed E-state index contributed by atoms with van der Waals surface area (Å²) in [7, 11) is -3.53. The molecule has 3 rings (SSSR count). The molecule has 0 unspecified atom stereocenters. The standard InChI is InChI=1S/C19H21ClN2O5S/c1-2-28(24,25)22-13-18(27-17-10-6-4-8-15(17)22)19(23)21-11-12-26-16-9-5-3-7-14(16)20/h3-10,18H,2,11-13H2,1H3,(H,21,23)/t18-/m0/s1. The molecule has 0 radical (unpaired) electrons. The lowest BCUT2D eigenvalue weighted by atomic mass is 10.2. The molecule has 1 aliphatic heterocycles. The van der Waals surface area contributed by atoms with E-state index in [9.17, 15) is 13.2 Å². The molecule has 0 bridgehead atoms. The number of rotatable bonds is 7. The van der Waals surface area contributed by atoms with Gasteiger partial charge in [0.25, 0.3) is 5.91 Å². The fourth-order valence-corrected chi connectivity index (χ4v) is 4.08. The molecule has 0 aliphatic carbocycles. The lowest BCUT2D eigenvalue weighted by molar-refractivity contribution is -0.127. The number of halogens is 1. The highest BCUT2D eigenvalue weighted by Crippen LogP contribution is 2.35. The summed E-state index contributed by atoms with van der Waals surface area (Å²) < 4.78 is 37.4. The second-order valence-corrected chi connectivity index (χ2v) is 8.66. The van der Waals surface area contributed by atoms with E-state index in [4.69, 9.17) is 21.1 Å². The summed E-state index contributed by atoms with van der Waals surface area (Å²) in [6.45, 7) is 1.93. The van der Waals surface area contributed by atoms with Crippen LogP contribution in [0.3, 0.4) is 0 Å². The van der Waals surface area contributed by atoms with E-state index in [-0.39, 0.29) is 25.4 Å². The number of anilines is 1. The number of ether oxygens (including phenoxy) is 2. The van der Waals surface area contributed by atoms with Crippen LogP contribution in [0.25, 0.3) is 0 Å². The van der Waals surface area contributed by atoms with Crippen LogP contribution in [0.4, 0.5) is 5.69 Å². The minimum atomic E-state index is -3.53. The van der Waals surface area contributed by atoms with Gasteiger partial charge in [-0.2, -0.15) is 0 Å². The van der Waals surface area contributed by atoms with Crippen molar-refractivity contribution in [2.45, 2.75) is 13.0 Å². The minimum Gasteiger partial charge on any atom is -0.490 e. The van der Waals surface area contributed by atoms with Gasteiger partial charge in [-0.1, -0.05) is 35.9 Å². The Morgan fingerprint density at radius 1 is 1.25 bits per heavy atom. The van der Waals surface area contributed by atoms with Crippen molar-refractivity contribution in [2.24, 2.45) is 0 Å². The minimum absolute atomic E-state index is 0.0681. The van der Waals surface area contributed by atoms with E-state index >= 15 is 0 Å². The van der Waals surface area contributed by atoms with Crippen LogP contribution in [0.1, 0.15) is 6.92 Å². The molecule has 1 N–H and O–H groups in total. The van der Waals surface area contributed by atoms with Crippen molar-refractivity contribution in [2.75, 3.05) is 29.8 Å². The normalized spacial score (nSPS) is 16.1. The molecule has 7 nitrogen and oxygen atoms in total. The predicted molar refractivity (Wildman–Crippen MR) is 108 cm³/mol. The maximum absolute atomic E-state index is 12.5. The largest absolute Gasteiger partial charge is 0.490 e. The van der Waals surface area contributed by atoms with Gasteiger partial charge < -0.3 is 14.8 Å². The molecule has 0 fully saturated rings. The molecule has 150 valence electrons. The molecule has 0 spiro atoms. The SMILES string of the molecule is CCS(=O)(=O)N1C[C@@H](C(=O)NCCOc2ccccc2Cl)Oc2ccccc21. The molecular formula is C19H21ClN2O5S. The van der Waals surface area contributed by atoms with Crippen LogP contribution in [0.15, 0.2) is 48.5 Å². The molecule has 0 saturated heterocycles. The van der Waals surface area contributed by atoms with Crippen LogP contribution in [0, 0.1) is 0 Å². The van der Waals surface area contributed by atoms with Crippen molar-refractivity contribution in [3.63, 3.8) is 0 Å². The molecular weight excluding hydrogens is 404 g/mol. The Labute approximate surface area is 169 Å². The van der Waals surface area contributed by atoms with Crippen LogP contribution >= 0.6 is 11.6 Å². The van der Waals surface area contributed by atoms with E-state index in [1.54, 1.807) is 55.5 Å². The van der Waals surface area contributed by atoms with Crippen LogP contribution < -0.4 is 19.1 Å². The van der Waals surface area contributed by atoms with Crippen LogP contribution in [0.5, 0.6) is 11.5 Å². The van der Waals surface area contributed by atoms with Crippen LogP contribution in [-0.4, -0.2) is 45.9 Å². The lowest BCUT2D eigenvalue weighted by Crippen LogP contribution is -2.51. The molecule has 9 heteroatoms. The second-order valence-electron chi connectivity index (χ2n) is 6.08. The molecule has 28 heavy (non-hydrogen) atoms. The summed E-state index contributed by atoms with van der Waals surface area (Å²) in [5, 5.41) is 3.20. The molecule has 2 aromatic rings. The fourth-order valence-electron chi connectivity index (χ4n) is 2.77. The number of sulfonamides is 1. The van der Waals surface area contributed by atoms with Gasteiger partial charge in [-0.3, -0.25) is 9.10 Å². The van der Waals surface area contributed by atoms with Crippen molar-refractivity contribution in [3.05, 3.63) is 53.6 Å². The van der Waals surface area contributed by atoms with E-state index in [1.165, 1.54) is 4.31 Å². The summed E-state index contributed by atoms with van der Waals surface area (Å²) in [6.07, 6.45) is -0.948. The number of hydrogen-bond acceptors (Lipinski definition) is 5. The topological polar surface area (TPSA) is 84.9 Å². The number of para-hydroxylation sites is 3. The third-order valence-electron chi connectivity index (χ3n) is 4.22. The number of carbonyl (C=O) groups is 1. The van der Waals surface area contributed by atoms with Gasteiger partial charge in [0.2, 0.25) is 10.0 Å². The Morgan fingerprint density at radius 2 is 1.96 bits per heavy atom. The highest BCUT2D eigenvalue weighted by molar-refractivity contribution is 7.92. The maximum atomic E-state index is 12.5. The zero-order valence-electron chi connectivity index (χ0n) is 15.3. The number of nitrogens with one attached hydrogen (secondary N) is 1. The molecule has 1 atom stereocenters. The van der Waals surface area contributed by atoms with Gasteiger partial charge in [-0.25, -0.2) is 8.42 Å². The first-order valence-corrected chi connectivity index (χ1v) is 10.8. The van der Waals surface area contributed by atoms with Crippen molar-refractivity contribution in [1.29, 1.82) is 0 Å². The lowest BCUT2D eigenvalue weighted by Gasteiger charge is -2.34. The number of hydrogen-bond donors (Lipinski definition) is 1. The molecule has 0 aromatic heterocycles. The van der Waals surface area contributed by atoms with E-state index in [0.717, 1.165) is 0 Å². The Bertz CT molecular complexity index is 951. The van der Waals surface area contributed by atoms with Gasteiger partial charge in [0.05, 0.1) is 29.6 Å². The summed E-state index contributed by atoms with van der Waals surface area (Å²) in [5.74, 6) is 0.412. The fraction of sp³-hybridized carbons (Fsp3) is 0.316. The monoisotopic (exact) mass is 424 g/mol.